The van der Waals surface area contributed by atoms with Crippen LogP contribution in [0, 0.1) is 0 Å². The Bertz CT molecular complexity index is 1470. The Kier molecular flexibility index (Phi) is 4.94. The summed E-state index contributed by atoms with van der Waals surface area (Å²) in [5.74, 6) is 0. The zero-order chi connectivity index (χ0) is 21.2. The van der Waals surface area contributed by atoms with Gasteiger partial charge in [0.15, 0.2) is 0 Å². The number of hydrogen-bond acceptors (Lipinski definition) is 4. The molecule has 0 atom stereocenters. The first-order valence-corrected chi connectivity index (χ1v) is 10.6. The number of nitrogens with zero attached hydrogens (tertiary/aromatic N) is 4. The second-order valence-electron chi connectivity index (χ2n) is 6.99. The molecule has 0 amide bonds. The minimum absolute atomic E-state index is 0.809. The number of aromatic nitrogens is 2. The van der Waals surface area contributed by atoms with E-state index in [1.165, 1.54) is 0 Å². The fourth-order valence-corrected chi connectivity index (χ4v) is 4.28. The number of fused-ring (bicyclic) bond motifs is 2. The Balaban J connectivity index is 1.73. The molecule has 5 rings (SSSR count). The smallest absolute Gasteiger partial charge is 0.239 e. The van der Waals surface area contributed by atoms with Crippen molar-refractivity contribution in [2.75, 3.05) is 0 Å². The second-order valence-corrected chi connectivity index (χ2v) is 8.14. The van der Waals surface area contributed by atoms with Gasteiger partial charge in [-0.3, -0.25) is 9.98 Å². The fourth-order valence-electron chi connectivity index (χ4n) is 3.55. The van der Waals surface area contributed by atoms with Crippen molar-refractivity contribution in [3.63, 3.8) is 0 Å². The molecule has 2 aromatic heterocycles. The third-order valence-electron chi connectivity index (χ3n) is 5.03. The van der Waals surface area contributed by atoms with Crippen molar-refractivity contribution in [2.45, 2.75) is 0 Å². The zero-order valence-corrected chi connectivity index (χ0v) is 17.6. The molecular weight excluding hydrogens is 400 g/mol. The van der Waals surface area contributed by atoms with Crippen molar-refractivity contribution in [1.82, 2.24) is 4.98 Å². The highest BCUT2D eigenvalue weighted by molar-refractivity contribution is 7.14. The van der Waals surface area contributed by atoms with Gasteiger partial charge in [-0.25, -0.2) is 4.98 Å². The molecule has 31 heavy (non-hydrogen) atoms. The summed E-state index contributed by atoms with van der Waals surface area (Å²) < 4.78 is 2.20. The maximum absolute atomic E-state index is 4.87. The molecule has 0 aliphatic carbocycles. The van der Waals surface area contributed by atoms with Crippen LogP contribution in [0.5, 0.6) is 0 Å². The highest BCUT2D eigenvalue weighted by atomic mass is 32.1. The number of thiophene rings is 1. The summed E-state index contributed by atoms with van der Waals surface area (Å²) in [5, 5.41) is 0. The van der Waals surface area contributed by atoms with Crippen LogP contribution in [0.25, 0.3) is 33.8 Å². The van der Waals surface area contributed by atoms with Crippen LogP contribution in [0.1, 0.15) is 9.75 Å². The molecule has 0 unspecified atom stereocenters. The van der Waals surface area contributed by atoms with E-state index in [4.69, 9.17) is 9.98 Å². The van der Waals surface area contributed by atoms with Gasteiger partial charge in [-0.2, -0.15) is 0 Å². The predicted octanol–water partition coefficient (Wildman–Crippen LogP) is 6.45. The minimum Gasteiger partial charge on any atom is -0.264 e. The van der Waals surface area contributed by atoms with Crippen molar-refractivity contribution < 1.29 is 4.57 Å². The van der Waals surface area contributed by atoms with E-state index in [1.54, 1.807) is 11.3 Å². The lowest BCUT2D eigenvalue weighted by Gasteiger charge is -2.06. The molecule has 0 N–H and O–H groups in total. The lowest BCUT2D eigenvalue weighted by Crippen LogP contribution is -2.33. The molecule has 0 fully saturated rings. The van der Waals surface area contributed by atoms with E-state index in [-0.39, 0.29) is 0 Å². The summed E-state index contributed by atoms with van der Waals surface area (Å²) in [6.45, 7) is 7.49. The van der Waals surface area contributed by atoms with Crippen LogP contribution in [0.3, 0.4) is 0 Å². The van der Waals surface area contributed by atoms with Gasteiger partial charge in [0, 0.05) is 40.2 Å². The van der Waals surface area contributed by atoms with E-state index in [9.17, 15) is 0 Å². The van der Waals surface area contributed by atoms with Crippen LogP contribution in [0.2, 0.25) is 0 Å². The third-order valence-corrected chi connectivity index (χ3v) is 6.04. The van der Waals surface area contributed by atoms with Crippen LogP contribution >= 0.6 is 11.3 Å². The molecule has 0 aliphatic heterocycles. The largest absolute Gasteiger partial charge is 0.264 e. The molecule has 5 heteroatoms. The Labute approximate surface area is 184 Å². The third kappa shape index (κ3) is 3.67. The van der Waals surface area contributed by atoms with E-state index < -0.39 is 0 Å². The lowest BCUT2D eigenvalue weighted by molar-refractivity contribution is -0.538. The molecule has 5 aromatic rings. The van der Waals surface area contributed by atoms with Crippen molar-refractivity contribution in [2.24, 2.45) is 9.98 Å². The first-order chi connectivity index (χ1) is 15.2. The lowest BCUT2D eigenvalue weighted by atomic mass is 10.2. The van der Waals surface area contributed by atoms with Gasteiger partial charge in [0.05, 0.1) is 11.4 Å². The summed E-state index contributed by atoms with van der Waals surface area (Å²) in [6.07, 6.45) is 3.74. The number of benzene rings is 3. The average Bonchev–Trinajstić information content (AvgIpc) is 3.29. The number of rotatable bonds is 5. The van der Waals surface area contributed by atoms with Crippen LogP contribution in [-0.2, 0) is 0 Å². The van der Waals surface area contributed by atoms with Gasteiger partial charge < -0.3 is 0 Å². The standard InChI is InChI=1S/C26H19N4S/c1-3-21-11-12-22(31-21)17-28-19-10-14-24-26(16-19)30(20-7-5-4-6-8-20)25-15-18(27-2)9-13-23(25)29-24/h3-17H,1-2H2/q+1. The summed E-state index contributed by atoms with van der Waals surface area (Å²) in [5.41, 5.74) is 6.48. The molecule has 4 nitrogen and oxygen atoms in total. The van der Waals surface area contributed by atoms with Crippen LogP contribution < -0.4 is 4.57 Å². The van der Waals surface area contributed by atoms with Crippen LogP contribution in [-0.4, -0.2) is 17.9 Å². The van der Waals surface area contributed by atoms with E-state index >= 15 is 0 Å². The fraction of sp³-hybridized carbons (Fsp3) is 0. The molecule has 0 aliphatic rings. The molecule has 148 valence electrons. The SMILES string of the molecule is C=Cc1ccc(C=Nc2ccc3nc4ccc(N=C)cc4[n+](-c4ccccc4)c3c2)s1. The Morgan fingerprint density at radius 1 is 0.806 bits per heavy atom. The summed E-state index contributed by atoms with van der Waals surface area (Å²) in [4.78, 5) is 15.9. The first-order valence-electron chi connectivity index (χ1n) is 9.83. The van der Waals surface area contributed by atoms with E-state index in [1.807, 2.05) is 66.9 Å². The molecule has 0 bridgehead atoms. The van der Waals surface area contributed by atoms with E-state index in [2.05, 4.69) is 47.1 Å². The summed E-state index contributed by atoms with van der Waals surface area (Å²) in [7, 11) is 0. The second kappa shape index (κ2) is 8.05. The van der Waals surface area contributed by atoms with Crippen LogP contribution in [0.15, 0.2) is 95.4 Å². The van der Waals surface area contributed by atoms with E-state index in [0.29, 0.717) is 0 Å². The van der Waals surface area contributed by atoms with Crippen molar-refractivity contribution in [1.29, 1.82) is 0 Å². The summed E-state index contributed by atoms with van der Waals surface area (Å²) in [6, 6.07) is 26.4. The Morgan fingerprint density at radius 2 is 1.48 bits per heavy atom. The number of para-hydroxylation sites is 1. The van der Waals surface area contributed by atoms with Gasteiger partial charge in [-0.1, -0.05) is 30.9 Å². The molecule has 2 heterocycles. The number of aliphatic imine (C=N–C) groups is 2. The van der Waals surface area contributed by atoms with Gasteiger partial charge >= 0.3 is 0 Å². The van der Waals surface area contributed by atoms with Gasteiger partial charge in [0.1, 0.15) is 11.0 Å². The highest BCUT2D eigenvalue weighted by Crippen LogP contribution is 2.25. The normalized spacial score (nSPS) is 11.4. The maximum atomic E-state index is 4.87. The Hall–Kier alpha value is -3.96. The topological polar surface area (TPSA) is 41.5 Å². The zero-order valence-electron chi connectivity index (χ0n) is 16.8. The molecule has 0 saturated carbocycles. The van der Waals surface area contributed by atoms with Crippen molar-refractivity contribution in [3.8, 4) is 5.69 Å². The van der Waals surface area contributed by atoms with Gasteiger partial charge in [0.2, 0.25) is 16.7 Å². The quantitative estimate of drug-likeness (QED) is 0.183. The molecule has 0 spiro atoms. The summed E-state index contributed by atoms with van der Waals surface area (Å²) >= 11 is 1.66. The van der Waals surface area contributed by atoms with Gasteiger partial charge in [-0.15, -0.1) is 15.9 Å². The van der Waals surface area contributed by atoms with Crippen LogP contribution in [0.4, 0.5) is 11.4 Å². The van der Waals surface area contributed by atoms with Crippen molar-refractivity contribution in [3.05, 3.63) is 95.2 Å². The predicted molar refractivity (Wildman–Crippen MR) is 132 cm³/mol. The van der Waals surface area contributed by atoms with Gasteiger partial charge in [-0.05, 0) is 43.1 Å². The first kappa shape index (κ1) is 19.0. The number of hydrogen-bond donors (Lipinski definition) is 0. The van der Waals surface area contributed by atoms with Crippen molar-refractivity contribution >= 4 is 63.8 Å². The van der Waals surface area contributed by atoms with E-state index in [0.717, 1.165) is 48.9 Å². The monoisotopic (exact) mass is 419 g/mol. The minimum atomic E-state index is 0.809. The molecule has 3 aromatic carbocycles. The Morgan fingerprint density at radius 3 is 2.16 bits per heavy atom. The highest BCUT2D eigenvalue weighted by Gasteiger charge is 2.20. The average molecular weight is 420 g/mol. The van der Waals surface area contributed by atoms with Gasteiger partial charge in [0.25, 0.3) is 0 Å². The molecule has 0 radical (unpaired) electrons. The molecular formula is C26H19N4S+. The maximum Gasteiger partial charge on any atom is 0.239 e. The molecule has 0 saturated heterocycles.